The zero-order valence-corrected chi connectivity index (χ0v) is 14.9. The molecule has 2 rings (SSSR count). The van der Waals surface area contributed by atoms with Crippen molar-refractivity contribution in [2.75, 3.05) is 43.8 Å². The van der Waals surface area contributed by atoms with Gasteiger partial charge in [0.05, 0.1) is 12.2 Å². The number of para-hydroxylation sites is 1. The first-order valence-corrected chi connectivity index (χ1v) is 7.84. The minimum absolute atomic E-state index is 0. The number of nitrogens with one attached hydrogen (secondary N) is 2. The molecule has 0 bridgehead atoms. The number of carbonyl (C=O) groups excluding carboxylic acids is 1. The molecule has 0 spiro atoms. The standard InChI is InChI=1S/C15H21N3OS.2ClH/c1-2-11-20-14-6-4-3-5-13(14)17-15(19)12-18-9-7-16-8-10-18;;/h2-6,16H,1,7-12H2,(H,17,19);2*1H. The van der Waals surface area contributed by atoms with Crippen molar-refractivity contribution in [3.05, 3.63) is 36.9 Å². The highest BCUT2D eigenvalue weighted by Gasteiger charge is 2.14. The first-order valence-electron chi connectivity index (χ1n) is 6.85. The second-order valence-corrected chi connectivity index (χ2v) is 5.73. The van der Waals surface area contributed by atoms with Gasteiger partial charge in [0, 0.05) is 36.8 Å². The quantitative estimate of drug-likeness (QED) is 0.602. The van der Waals surface area contributed by atoms with Crippen molar-refractivity contribution in [3.8, 4) is 0 Å². The maximum absolute atomic E-state index is 12.1. The molecule has 4 nitrogen and oxygen atoms in total. The molecule has 7 heteroatoms. The number of amides is 1. The molecular formula is C15H23Cl2N3OS. The first-order chi connectivity index (χ1) is 9.79. The van der Waals surface area contributed by atoms with E-state index in [4.69, 9.17) is 0 Å². The van der Waals surface area contributed by atoms with Crippen LogP contribution in [0.5, 0.6) is 0 Å². The van der Waals surface area contributed by atoms with Gasteiger partial charge in [-0.25, -0.2) is 0 Å². The molecule has 1 amide bonds. The zero-order valence-electron chi connectivity index (χ0n) is 12.4. The number of thioether (sulfide) groups is 1. The number of hydrogen-bond donors (Lipinski definition) is 2. The molecular weight excluding hydrogens is 341 g/mol. The van der Waals surface area contributed by atoms with E-state index in [1.54, 1.807) is 11.8 Å². The molecule has 1 aromatic carbocycles. The monoisotopic (exact) mass is 363 g/mol. The largest absolute Gasteiger partial charge is 0.324 e. The van der Waals surface area contributed by atoms with E-state index < -0.39 is 0 Å². The predicted octanol–water partition coefficient (Wildman–Crippen LogP) is 2.65. The maximum Gasteiger partial charge on any atom is 0.238 e. The SMILES string of the molecule is C=CCSc1ccccc1NC(=O)CN1CCNCC1.Cl.Cl. The van der Waals surface area contributed by atoms with Crippen molar-refractivity contribution in [2.24, 2.45) is 0 Å². The van der Waals surface area contributed by atoms with E-state index >= 15 is 0 Å². The third-order valence-electron chi connectivity index (χ3n) is 3.09. The molecule has 1 saturated heterocycles. The molecule has 0 aromatic heterocycles. The molecule has 0 unspecified atom stereocenters. The Hall–Kier alpha value is -0.720. The summed E-state index contributed by atoms with van der Waals surface area (Å²) in [6, 6.07) is 7.89. The lowest BCUT2D eigenvalue weighted by Gasteiger charge is -2.26. The number of halogens is 2. The third kappa shape index (κ3) is 7.03. The van der Waals surface area contributed by atoms with Crippen molar-refractivity contribution in [1.82, 2.24) is 10.2 Å². The van der Waals surface area contributed by atoms with Crippen LogP contribution in [-0.2, 0) is 4.79 Å². The number of hydrogen-bond acceptors (Lipinski definition) is 4. The van der Waals surface area contributed by atoms with Crippen LogP contribution >= 0.6 is 36.6 Å². The van der Waals surface area contributed by atoms with Crippen molar-refractivity contribution in [3.63, 3.8) is 0 Å². The van der Waals surface area contributed by atoms with Crippen molar-refractivity contribution in [1.29, 1.82) is 0 Å². The lowest BCUT2D eigenvalue weighted by molar-refractivity contribution is -0.117. The van der Waals surface area contributed by atoms with Crippen LogP contribution in [0.15, 0.2) is 41.8 Å². The van der Waals surface area contributed by atoms with E-state index in [-0.39, 0.29) is 30.7 Å². The topological polar surface area (TPSA) is 44.4 Å². The Balaban J connectivity index is 0.00000220. The van der Waals surface area contributed by atoms with E-state index in [0.29, 0.717) is 6.54 Å². The molecule has 0 saturated carbocycles. The summed E-state index contributed by atoms with van der Waals surface area (Å²) in [6.07, 6.45) is 1.87. The Labute approximate surface area is 148 Å². The average Bonchev–Trinajstić information content (AvgIpc) is 2.47. The van der Waals surface area contributed by atoms with Gasteiger partial charge < -0.3 is 10.6 Å². The smallest absolute Gasteiger partial charge is 0.238 e. The molecule has 1 fully saturated rings. The summed E-state index contributed by atoms with van der Waals surface area (Å²) in [6.45, 7) is 7.96. The van der Waals surface area contributed by atoms with Gasteiger partial charge in [-0.1, -0.05) is 18.2 Å². The Morgan fingerprint density at radius 3 is 2.68 bits per heavy atom. The maximum atomic E-state index is 12.1. The zero-order chi connectivity index (χ0) is 14.2. The average molecular weight is 364 g/mol. The molecule has 1 aromatic rings. The predicted molar refractivity (Wildman–Crippen MR) is 99.8 cm³/mol. The van der Waals surface area contributed by atoms with Gasteiger partial charge in [-0.05, 0) is 12.1 Å². The fraction of sp³-hybridized carbons (Fsp3) is 0.400. The molecule has 2 N–H and O–H groups in total. The Bertz CT molecular complexity index is 468. The second kappa shape index (κ2) is 11.8. The van der Waals surface area contributed by atoms with Crippen LogP contribution < -0.4 is 10.6 Å². The van der Waals surface area contributed by atoms with Crippen molar-refractivity contribution < 1.29 is 4.79 Å². The van der Waals surface area contributed by atoms with Gasteiger partial charge in [-0.2, -0.15) is 0 Å². The van der Waals surface area contributed by atoms with Crippen LogP contribution in [0, 0.1) is 0 Å². The number of anilines is 1. The summed E-state index contributed by atoms with van der Waals surface area (Å²) < 4.78 is 0. The molecule has 0 radical (unpaired) electrons. The van der Waals surface area contributed by atoms with Gasteiger partial charge >= 0.3 is 0 Å². The fourth-order valence-electron chi connectivity index (χ4n) is 2.11. The highest BCUT2D eigenvalue weighted by Crippen LogP contribution is 2.26. The minimum Gasteiger partial charge on any atom is -0.324 e. The summed E-state index contributed by atoms with van der Waals surface area (Å²) in [7, 11) is 0. The van der Waals surface area contributed by atoms with Gasteiger partial charge in [0.15, 0.2) is 0 Å². The van der Waals surface area contributed by atoms with E-state index in [9.17, 15) is 4.79 Å². The molecule has 1 aliphatic rings. The molecule has 124 valence electrons. The van der Waals surface area contributed by atoms with Crippen LogP contribution in [0.25, 0.3) is 0 Å². The Morgan fingerprint density at radius 1 is 1.32 bits per heavy atom. The van der Waals surface area contributed by atoms with E-state index in [0.717, 1.165) is 42.5 Å². The van der Waals surface area contributed by atoms with Crippen LogP contribution in [0.1, 0.15) is 0 Å². The lowest BCUT2D eigenvalue weighted by Crippen LogP contribution is -2.46. The lowest BCUT2D eigenvalue weighted by atomic mass is 10.3. The molecule has 0 atom stereocenters. The Morgan fingerprint density at radius 2 is 2.00 bits per heavy atom. The summed E-state index contributed by atoms with van der Waals surface area (Å²) in [5.74, 6) is 0.892. The normalized spacial score (nSPS) is 14.4. The van der Waals surface area contributed by atoms with Crippen LogP contribution in [-0.4, -0.2) is 49.3 Å². The second-order valence-electron chi connectivity index (χ2n) is 4.67. The fourth-order valence-corrected chi connectivity index (χ4v) is 2.85. The van der Waals surface area contributed by atoms with Gasteiger partial charge in [0.25, 0.3) is 0 Å². The van der Waals surface area contributed by atoms with Gasteiger partial charge in [-0.3, -0.25) is 9.69 Å². The summed E-state index contributed by atoms with van der Waals surface area (Å²) in [4.78, 5) is 15.4. The van der Waals surface area contributed by atoms with Crippen LogP contribution in [0.4, 0.5) is 5.69 Å². The number of rotatable bonds is 6. The number of nitrogens with zero attached hydrogens (tertiary/aromatic N) is 1. The summed E-state index contributed by atoms with van der Waals surface area (Å²) in [5.41, 5.74) is 0.888. The summed E-state index contributed by atoms with van der Waals surface area (Å²) >= 11 is 1.68. The first kappa shape index (κ1) is 21.3. The van der Waals surface area contributed by atoms with E-state index in [1.807, 2.05) is 30.3 Å². The van der Waals surface area contributed by atoms with Gasteiger partial charge in [0.2, 0.25) is 5.91 Å². The minimum atomic E-state index is 0. The van der Waals surface area contributed by atoms with Crippen molar-refractivity contribution in [2.45, 2.75) is 4.90 Å². The number of piperazine rings is 1. The van der Waals surface area contributed by atoms with Gasteiger partial charge in [0.1, 0.15) is 0 Å². The molecule has 1 aliphatic heterocycles. The van der Waals surface area contributed by atoms with Crippen LogP contribution in [0.2, 0.25) is 0 Å². The summed E-state index contributed by atoms with van der Waals surface area (Å²) in [5, 5.41) is 6.29. The van der Waals surface area contributed by atoms with Gasteiger partial charge in [-0.15, -0.1) is 43.2 Å². The van der Waals surface area contributed by atoms with E-state index in [1.165, 1.54) is 0 Å². The molecule has 1 heterocycles. The Kier molecular flexibility index (Phi) is 11.4. The molecule has 0 aliphatic carbocycles. The van der Waals surface area contributed by atoms with Crippen molar-refractivity contribution >= 4 is 48.2 Å². The third-order valence-corrected chi connectivity index (χ3v) is 4.16. The number of carbonyl (C=O) groups is 1. The molecule has 22 heavy (non-hydrogen) atoms. The highest BCUT2D eigenvalue weighted by molar-refractivity contribution is 7.99. The van der Waals surface area contributed by atoms with Crippen LogP contribution in [0.3, 0.4) is 0 Å². The van der Waals surface area contributed by atoms with E-state index in [2.05, 4.69) is 22.1 Å². The number of benzene rings is 1. The highest BCUT2D eigenvalue weighted by atomic mass is 35.5.